The van der Waals surface area contributed by atoms with E-state index >= 15 is 0 Å². The molecule has 1 aromatic carbocycles. The highest BCUT2D eigenvalue weighted by Crippen LogP contribution is 2.16. The van der Waals surface area contributed by atoms with Gasteiger partial charge in [0.05, 0.1) is 0 Å². The molecule has 0 spiro atoms. The van der Waals surface area contributed by atoms with Gasteiger partial charge in [-0.3, -0.25) is 0 Å². The quantitative estimate of drug-likeness (QED) is 0.778. The standard InChI is InChI=1S/C13H17ClN2O/c1-3-8-15-13(17)16-10(2)9-11-6-4-5-7-12(11)14/h3-7,10H,1,8-9H2,2H3,(H2,15,16,17). The Morgan fingerprint density at radius 2 is 2.24 bits per heavy atom. The van der Waals surface area contributed by atoms with Crippen LogP contribution in [0.15, 0.2) is 36.9 Å². The molecule has 1 unspecified atom stereocenters. The van der Waals surface area contributed by atoms with Crippen LogP contribution in [0.25, 0.3) is 0 Å². The highest BCUT2D eigenvalue weighted by molar-refractivity contribution is 6.31. The van der Waals surface area contributed by atoms with E-state index in [9.17, 15) is 4.79 Å². The van der Waals surface area contributed by atoms with E-state index in [1.807, 2.05) is 31.2 Å². The summed E-state index contributed by atoms with van der Waals surface area (Å²) in [6.07, 6.45) is 2.35. The maximum Gasteiger partial charge on any atom is 0.315 e. The van der Waals surface area contributed by atoms with Gasteiger partial charge in [-0.25, -0.2) is 4.79 Å². The molecule has 0 aliphatic rings. The van der Waals surface area contributed by atoms with E-state index in [0.29, 0.717) is 13.0 Å². The second-order valence-corrected chi connectivity index (χ2v) is 4.25. The number of hydrogen-bond acceptors (Lipinski definition) is 1. The number of rotatable bonds is 5. The first kappa shape index (κ1) is 13.6. The molecular formula is C13H17ClN2O. The monoisotopic (exact) mass is 252 g/mol. The van der Waals surface area contributed by atoms with Crippen LogP contribution in [0.4, 0.5) is 4.79 Å². The average Bonchev–Trinajstić information content (AvgIpc) is 2.29. The van der Waals surface area contributed by atoms with Gasteiger partial charge in [0, 0.05) is 17.6 Å². The minimum Gasteiger partial charge on any atom is -0.335 e. The minimum absolute atomic E-state index is 0.0275. The van der Waals surface area contributed by atoms with Crippen LogP contribution in [-0.4, -0.2) is 18.6 Å². The molecule has 0 heterocycles. The van der Waals surface area contributed by atoms with Crippen molar-refractivity contribution in [3.8, 4) is 0 Å². The molecule has 3 nitrogen and oxygen atoms in total. The third-order valence-corrected chi connectivity index (χ3v) is 2.64. The number of carbonyl (C=O) groups excluding carboxylic acids is 1. The van der Waals surface area contributed by atoms with Gasteiger partial charge in [0.25, 0.3) is 0 Å². The molecule has 1 aromatic rings. The van der Waals surface area contributed by atoms with Crippen LogP contribution in [0.5, 0.6) is 0 Å². The molecule has 0 saturated heterocycles. The van der Waals surface area contributed by atoms with Gasteiger partial charge in [-0.05, 0) is 25.0 Å². The Bertz CT molecular complexity index is 393. The molecule has 0 aliphatic heterocycles. The van der Waals surface area contributed by atoms with E-state index < -0.39 is 0 Å². The maximum atomic E-state index is 11.4. The highest BCUT2D eigenvalue weighted by Gasteiger charge is 2.08. The van der Waals surface area contributed by atoms with Gasteiger partial charge in [0.1, 0.15) is 0 Å². The first-order chi connectivity index (χ1) is 8.13. The Labute approximate surface area is 107 Å². The van der Waals surface area contributed by atoms with E-state index in [1.54, 1.807) is 6.08 Å². The minimum atomic E-state index is -0.190. The lowest BCUT2D eigenvalue weighted by molar-refractivity contribution is 0.239. The second kappa shape index (κ2) is 6.97. The summed E-state index contributed by atoms with van der Waals surface area (Å²) in [6, 6.07) is 7.47. The fourth-order valence-corrected chi connectivity index (χ4v) is 1.70. The molecule has 0 fully saturated rings. The molecule has 1 rings (SSSR count). The lowest BCUT2D eigenvalue weighted by atomic mass is 10.1. The van der Waals surface area contributed by atoms with Crippen molar-refractivity contribution in [1.82, 2.24) is 10.6 Å². The molecule has 0 bridgehead atoms. The molecule has 17 heavy (non-hydrogen) atoms. The van der Waals surface area contributed by atoms with E-state index in [4.69, 9.17) is 11.6 Å². The van der Waals surface area contributed by atoms with Crippen molar-refractivity contribution < 1.29 is 4.79 Å². The fourth-order valence-electron chi connectivity index (χ4n) is 1.48. The normalized spacial score (nSPS) is 11.6. The fraction of sp³-hybridized carbons (Fsp3) is 0.308. The van der Waals surface area contributed by atoms with Crippen molar-refractivity contribution in [2.75, 3.05) is 6.54 Å². The Kier molecular flexibility index (Phi) is 5.57. The van der Waals surface area contributed by atoms with E-state index in [-0.39, 0.29) is 12.1 Å². The molecular weight excluding hydrogens is 236 g/mol. The lowest BCUT2D eigenvalue weighted by Gasteiger charge is -2.15. The number of urea groups is 1. The number of hydrogen-bond donors (Lipinski definition) is 2. The van der Waals surface area contributed by atoms with E-state index in [0.717, 1.165) is 10.6 Å². The van der Waals surface area contributed by atoms with Crippen LogP contribution in [0, 0.1) is 0 Å². The average molecular weight is 253 g/mol. The molecule has 1 atom stereocenters. The molecule has 2 amide bonds. The maximum absolute atomic E-state index is 11.4. The van der Waals surface area contributed by atoms with Crippen molar-refractivity contribution in [3.63, 3.8) is 0 Å². The zero-order valence-corrected chi connectivity index (χ0v) is 10.6. The summed E-state index contributed by atoms with van der Waals surface area (Å²) in [5.74, 6) is 0. The predicted molar refractivity (Wildman–Crippen MR) is 71.3 cm³/mol. The molecule has 0 aromatic heterocycles. The zero-order valence-electron chi connectivity index (χ0n) is 9.87. The van der Waals surface area contributed by atoms with Crippen molar-refractivity contribution in [3.05, 3.63) is 47.5 Å². The zero-order chi connectivity index (χ0) is 12.7. The molecule has 0 aliphatic carbocycles. The number of halogens is 1. The smallest absolute Gasteiger partial charge is 0.315 e. The number of nitrogens with one attached hydrogen (secondary N) is 2. The van der Waals surface area contributed by atoms with Gasteiger partial charge in [-0.1, -0.05) is 35.9 Å². The Morgan fingerprint density at radius 3 is 2.88 bits per heavy atom. The summed E-state index contributed by atoms with van der Waals surface area (Å²) in [6.45, 7) is 5.94. The number of benzene rings is 1. The molecule has 0 saturated carbocycles. The highest BCUT2D eigenvalue weighted by atomic mass is 35.5. The SMILES string of the molecule is C=CCNC(=O)NC(C)Cc1ccccc1Cl. The van der Waals surface area contributed by atoms with Crippen LogP contribution in [0.2, 0.25) is 5.02 Å². The predicted octanol–water partition coefficient (Wildman–Crippen LogP) is 2.76. The molecule has 2 N–H and O–H groups in total. The Morgan fingerprint density at radius 1 is 1.53 bits per heavy atom. The van der Waals surface area contributed by atoms with Gasteiger partial charge in [-0.2, -0.15) is 0 Å². The topological polar surface area (TPSA) is 41.1 Å². The van der Waals surface area contributed by atoms with Gasteiger partial charge < -0.3 is 10.6 Å². The van der Waals surface area contributed by atoms with Crippen LogP contribution in [0.3, 0.4) is 0 Å². The largest absolute Gasteiger partial charge is 0.335 e. The number of amides is 2. The second-order valence-electron chi connectivity index (χ2n) is 3.84. The van der Waals surface area contributed by atoms with Crippen molar-refractivity contribution in [2.24, 2.45) is 0 Å². The summed E-state index contributed by atoms with van der Waals surface area (Å²) in [4.78, 5) is 11.4. The van der Waals surface area contributed by atoms with Gasteiger partial charge in [-0.15, -0.1) is 6.58 Å². The number of carbonyl (C=O) groups is 1. The first-order valence-corrected chi connectivity index (χ1v) is 5.90. The summed E-state index contributed by atoms with van der Waals surface area (Å²) in [5.41, 5.74) is 1.03. The van der Waals surface area contributed by atoms with Crippen molar-refractivity contribution in [2.45, 2.75) is 19.4 Å². The summed E-state index contributed by atoms with van der Waals surface area (Å²) in [7, 11) is 0. The van der Waals surface area contributed by atoms with Crippen molar-refractivity contribution >= 4 is 17.6 Å². The third-order valence-electron chi connectivity index (χ3n) is 2.27. The van der Waals surface area contributed by atoms with Gasteiger partial charge in [0.15, 0.2) is 0 Å². The Balaban J connectivity index is 2.44. The first-order valence-electron chi connectivity index (χ1n) is 5.52. The molecule has 0 radical (unpaired) electrons. The van der Waals surface area contributed by atoms with Crippen LogP contribution < -0.4 is 10.6 Å². The summed E-state index contributed by atoms with van der Waals surface area (Å²) in [5, 5.41) is 6.23. The summed E-state index contributed by atoms with van der Waals surface area (Å²) < 4.78 is 0. The summed E-state index contributed by atoms with van der Waals surface area (Å²) >= 11 is 6.05. The molecule has 92 valence electrons. The van der Waals surface area contributed by atoms with E-state index in [2.05, 4.69) is 17.2 Å². The third kappa shape index (κ3) is 4.91. The van der Waals surface area contributed by atoms with E-state index in [1.165, 1.54) is 0 Å². The van der Waals surface area contributed by atoms with Crippen LogP contribution >= 0.6 is 11.6 Å². The molecule has 4 heteroatoms. The van der Waals surface area contributed by atoms with Gasteiger partial charge in [0.2, 0.25) is 0 Å². The van der Waals surface area contributed by atoms with Gasteiger partial charge >= 0.3 is 6.03 Å². The van der Waals surface area contributed by atoms with Crippen LogP contribution in [-0.2, 0) is 6.42 Å². The van der Waals surface area contributed by atoms with Crippen LogP contribution in [0.1, 0.15) is 12.5 Å². The Hall–Kier alpha value is -1.48. The lowest BCUT2D eigenvalue weighted by Crippen LogP contribution is -2.41. The van der Waals surface area contributed by atoms with Crippen molar-refractivity contribution in [1.29, 1.82) is 0 Å².